The first kappa shape index (κ1) is 17.3. The summed E-state index contributed by atoms with van der Waals surface area (Å²) in [5.41, 5.74) is 0.378. The van der Waals surface area contributed by atoms with E-state index in [0.717, 1.165) is 0 Å². The van der Waals surface area contributed by atoms with Gasteiger partial charge in [0.2, 0.25) is 0 Å². The maximum atomic E-state index is 11.7. The number of rotatable bonds is 6. The normalized spacial score (nSPS) is 11.5. The Morgan fingerprint density at radius 2 is 1.95 bits per heavy atom. The van der Waals surface area contributed by atoms with E-state index >= 15 is 0 Å². The average Bonchev–Trinajstić information content (AvgIpc) is 2.38. The zero-order valence-corrected chi connectivity index (χ0v) is 12.9. The van der Waals surface area contributed by atoms with Crippen molar-refractivity contribution in [1.29, 1.82) is 0 Å². The summed E-state index contributed by atoms with van der Waals surface area (Å²) in [4.78, 5) is 33.0. The highest BCUT2D eigenvalue weighted by atomic mass is 79.9. The van der Waals surface area contributed by atoms with E-state index in [0.29, 0.717) is 15.2 Å². The molecule has 0 aliphatic rings. The number of amides is 2. The Balaban J connectivity index is 2.62. The number of hydrogen-bond donors (Lipinski definition) is 4. The number of benzene rings is 1. The van der Waals surface area contributed by atoms with Gasteiger partial charge >= 0.3 is 18.0 Å². The number of anilines is 1. The average molecular weight is 380 g/mol. The predicted octanol–water partition coefficient (Wildman–Crippen LogP) is 2.54. The van der Waals surface area contributed by atoms with Gasteiger partial charge in [0.1, 0.15) is 6.04 Å². The van der Waals surface area contributed by atoms with Gasteiger partial charge in [-0.1, -0.05) is 11.6 Å². The molecule has 21 heavy (non-hydrogen) atoms. The highest BCUT2D eigenvalue weighted by molar-refractivity contribution is 9.10. The predicted molar refractivity (Wildman–Crippen MR) is 79.6 cm³/mol. The number of carboxylic acids is 2. The Morgan fingerprint density at radius 3 is 2.48 bits per heavy atom. The van der Waals surface area contributed by atoms with Crippen molar-refractivity contribution in [1.82, 2.24) is 5.32 Å². The van der Waals surface area contributed by atoms with Crippen LogP contribution in [0.2, 0.25) is 5.02 Å². The molecule has 0 saturated heterocycles. The molecule has 7 nitrogen and oxygen atoms in total. The first-order chi connectivity index (χ1) is 9.79. The SMILES string of the molecule is O=C(O)CC[C@H](NC(=O)Nc1ccc(Br)c(Cl)c1)C(=O)O. The number of carboxylic acid groups (broad SMARTS) is 2. The van der Waals surface area contributed by atoms with Gasteiger partial charge in [-0.25, -0.2) is 9.59 Å². The lowest BCUT2D eigenvalue weighted by Crippen LogP contribution is -2.43. The molecule has 0 aromatic heterocycles. The topological polar surface area (TPSA) is 116 Å². The molecule has 1 atom stereocenters. The van der Waals surface area contributed by atoms with Crippen molar-refractivity contribution in [3.8, 4) is 0 Å². The molecule has 0 aliphatic carbocycles. The molecule has 1 rings (SSSR count). The van der Waals surface area contributed by atoms with E-state index in [1.807, 2.05) is 0 Å². The van der Waals surface area contributed by atoms with Gasteiger partial charge in [0.05, 0.1) is 5.02 Å². The molecule has 114 valence electrons. The molecule has 0 spiro atoms. The van der Waals surface area contributed by atoms with Crippen molar-refractivity contribution in [2.75, 3.05) is 5.32 Å². The van der Waals surface area contributed by atoms with Crippen LogP contribution in [0.25, 0.3) is 0 Å². The molecular weight excluding hydrogens is 367 g/mol. The van der Waals surface area contributed by atoms with Crippen LogP contribution in [0, 0.1) is 0 Å². The summed E-state index contributed by atoms with van der Waals surface area (Å²) in [6, 6.07) is 2.64. The monoisotopic (exact) mass is 378 g/mol. The molecule has 0 saturated carbocycles. The van der Waals surface area contributed by atoms with Crippen LogP contribution in [0.5, 0.6) is 0 Å². The third kappa shape index (κ3) is 6.01. The van der Waals surface area contributed by atoms with Gasteiger partial charge in [0.15, 0.2) is 0 Å². The molecule has 0 bridgehead atoms. The van der Waals surface area contributed by atoms with E-state index < -0.39 is 24.0 Å². The first-order valence-corrected chi connectivity index (χ1v) is 6.94. The Hall–Kier alpha value is -1.80. The number of urea groups is 1. The third-order valence-corrected chi connectivity index (χ3v) is 3.66. The number of nitrogens with one attached hydrogen (secondary N) is 2. The van der Waals surface area contributed by atoms with Gasteiger partial charge in [0.25, 0.3) is 0 Å². The second-order valence-corrected chi connectivity index (χ2v) is 5.31. The highest BCUT2D eigenvalue weighted by Gasteiger charge is 2.20. The van der Waals surface area contributed by atoms with Crippen molar-refractivity contribution < 1.29 is 24.6 Å². The lowest BCUT2D eigenvalue weighted by molar-refractivity contribution is -0.140. The van der Waals surface area contributed by atoms with Gasteiger partial charge < -0.3 is 20.8 Å². The second kappa shape index (κ2) is 7.84. The fourth-order valence-corrected chi connectivity index (χ4v) is 1.85. The molecule has 0 aliphatic heterocycles. The number of carbonyl (C=O) groups is 3. The molecule has 9 heteroatoms. The lowest BCUT2D eigenvalue weighted by Gasteiger charge is -2.14. The molecule has 0 unspecified atom stereocenters. The number of halogens is 2. The maximum absolute atomic E-state index is 11.7. The Morgan fingerprint density at radius 1 is 1.29 bits per heavy atom. The minimum atomic E-state index is -1.31. The van der Waals surface area contributed by atoms with Gasteiger partial charge in [-0.2, -0.15) is 0 Å². The third-order valence-electron chi connectivity index (χ3n) is 2.43. The maximum Gasteiger partial charge on any atom is 0.326 e. The molecule has 0 heterocycles. The zero-order valence-electron chi connectivity index (χ0n) is 10.6. The quantitative estimate of drug-likeness (QED) is 0.606. The summed E-state index contributed by atoms with van der Waals surface area (Å²) in [6.07, 6.45) is -0.569. The lowest BCUT2D eigenvalue weighted by atomic mass is 10.1. The first-order valence-electron chi connectivity index (χ1n) is 5.76. The number of aliphatic carboxylic acids is 2. The van der Waals surface area contributed by atoms with Crippen LogP contribution in [-0.4, -0.2) is 34.2 Å². The van der Waals surface area contributed by atoms with Gasteiger partial charge in [-0.05, 0) is 40.5 Å². The van der Waals surface area contributed by atoms with E-state index in [-0.39, 0.29) is 12.8 Å². The minimum absolute atomic E-state index is 0.209. The molecule has 1 aromatic carbocycles. The van der Waals surface area contributed by atoms with Crippen molar-refractivity contribution in [3.05, 3.63) is 27.7 Å². The smallest absolute Gasteiger partial charge is 0.326 e. The molecule has 2 amide bonds. The summed E-state index contributed by atoms with van der Waals surface area (Å²) < 4.78 is 0.653. The van der Waals surface area contributed by atoms with Crippen molar-refractivity contribution in [2.45, 2.75) is 18.9 Å². The molecule has 1 aromatic rings. The molecular formula is C12H12BrClN2O5. The van der Waals surface area contributed by atoms with Gasteiger partial charge in [0, 0.05) is 16.6 Å². The standard InChI is InChI=1S/C12H12BrClN2O5/c13-7-2-1-6(5-8(7)14)15-12(21)16-9(11(19)20)3-4-10(17)18/h1-2,5,9H,3-4H2,(H,17,18)(H,19,20)(H2,15,16,21)/t9-/m0/s1. The zero-order chi connectivity index (χ0) is 16.0. The summed E-state index contributed by atoms with van der Waals surface area (Å²) in [5.74, 6) is -2.44. The van der Waals surface area contributed by atoms with Crippen LogP contribution < -0.4 is 10.6 Å². The Kier molecular flexibility index (Phi) is 6.44. The van der Waals surface area contributed by atoms with E-state index in [9.17, 15) is 14.4 Å². The van der Waals surface area contributed by atoms with E-state index in [4.69, 9.17) is 21.8 Å². The van der Waals surface area contributed by atoms with Crippen LogP contribution in [-0.2, 0) is 9.59 Å². The van der Waals surface area contributed by atoms with Crippen LogP contribution in [0.3, 0.4) is 0 Å². The highest BCUT2D eigenvalue weighted by Crippen LogP contribution is 2.25. The second-order valence-electron chi connectivity index (χ2n) is 4.05. The van der Waals surface area contributed by atoms with E-state index in [1.54, 1.807) is 12.1 Å². The van der Waals surface area contributed by atoms with Crippen LogP contribution in [0.15, 0.2) is 22.7 Å². The van der Waals surface area contributed by atoms with E-state index in [1.165, 1.54) is 6.07 Å². The largest absolute Gasteiger partial charge is 0.481 e. The Bertz CT molecular complexity index is 567. The van der Waals surface area contributed by atoms with Crippen LogP contribution in [0.4, 0.5) is 10.5 Å². The molecule has 4 N–H and O–H groups in total. The van der Waals surface area contributed by atoms with E-state index in [2.05, 4.69) is 26.6 Å². The molecule has 0 fully saturated rings. The summed E-state index contributed by atoms with van der Waals surface area (Å²) in [6.45, 7) is 0. The van der Waals surface area contributed by atoms with Gasteiger partial charge in [-0.15, -0.1) is 0 Å². The Labute approximate surface area is 133 Å². The summed E-state index contributed by atoms with van der Waals surface area (Å²) >= 11 is 9.06. The summed E-state index contributed by atoms with van der Waals surface area (Å²) in [7, 11) is 0. The minimum Gasteiger partial charge on any atom is -0.481 e. The van der Waals surface area contributed by atoms with Crippen LogP contribution >= 0.6 is 27.5 Å². The number of carbonyl (C=O) groups excluding carboxylic acids is 1. The van der Waals surface area contributed by atoms with Crippen molar-refractivity contribution in [3.63, 3.8) is 0 Å². The number of hydrogen-bond acceptors (Lipinski definition) is 3. The van der Waals surface area contributed by atoms with Crippen molar-refractivity contribution >= 4 is 51.2 Å². The fourth-order valence-electron chi connectivity index (χ4n) is 1.42. The van der Waals surface area contributed by atoms with Crippen molar-refractivity contribution in [2.24, 2.45) is 0 Å². The molecule has 0 radical (unpaired) electrons. The fraction of sp³-hybridized carbons (Fsp3) is 0.250. The van der Waals surface area contributed by atoms with Crippen LogP contribution in [0.1, 0.15) is 12.8 Å². The van der Waals surface area contributed by atoms with Gasteiger partial charge in [-0.3, -0.25) is 4.79 Å². The summed E-state index contributed by atoms with van der Waals surface area (Å²) in [5, 5.41) is 22.4.